The molecular weight excluding hydrogens is 294 g/mol. The van der Waals surface area contributed by atoms with Gasteiger partial charge in [0.05, 0.1) is 5.56 Å². The van der Waals surface area contributed by atoms with Crippen molar-refractivity contribution in [1.29, 1.82) is 0 Å². The van der Waals surface area contributed by atoms with Crippen LogP contribution >= 0.6 is 0 Å². The molecule has 0 aliphatic rings. The number of halogens is 2. The van der Waals surface area contributed by atoms with Gasteiger partial charge in [0, 0.05) is 0 Å². The fraction of sp³-hybridized carbons (Fsp3) is 0.250. The number of carbonyl (C=O) groups excluding carboxylic acids is 1. The molecule has 0 radical (unpaired) electrons. The maximum absolute atomic E-state index is 12.8. The van der Waals surface area contributed by atoms with Crippen LogP contribution in [-0.2, 0) is 14.9 Å². The fourth-order valence-electron chi connectivity index (χ4n) is 1.20. The number of allylic oxidation sites excluding steroid dienone is 1. The van der Waals surface area contributed by atoms with E-state index in [0.29, 0.717) is 0 Å². The fourth-order valence-corrected chi connectivity index (χ4v) is 1.40. The summed E-state index contributed by atoms with van der Waals surface area (Å²) in [7, 11) is -5.87. The number of rotatable bonds is 5. The molecule has 5 nitrogen and oxygen atoms in total. The van der Waals surface area contributed by atoms with Crippen molar-refractivity contribution < 1.29 is 31.3 Å². The van der Waals surface area contributed by atoms with Crippen molar-refractivity contribution in [3.63, 3.8) is 0 Å². The summed E-state index contributed by atoms with van der Waals surface area (Å²) in [6, 6.07) is 5.69. The molecule has 1 aromatic carbocycles. The van der Waals surface area contributed by atoms with E-state index in [2.05, 4.69) is 11.3 Å². The zero-order valence-corrected chi connectivity index (χ0v) is 11.2. The first kappa shape index (κ1) is 16.3. The van der Waals surface area contributed by atoms with Crippen molar-refractivity contribution in [2.75, 3.05) is 6.61 Å². The van der Waals surface area contributed by atoms with E-state index in [4.69, 9.17) is 0 Å². The van der Waals surface area contributed by atoms with Crippen LogP contribution in [0.3, 0.4) is 0 Å². The van der Waals surface area contributed by atoms with E-state index < -0.39 is 27.9 Å². The number of hydrogen-bond donors (Lipinski definition) is 0. The van der Waals surface area contributed by atoms with Gasteiger partial charge in [-0.3, -0.25) is 0 Å². The van der Waals surface area contributed by atoms with Crippen LogP contribution in [-0.4, -0.2) is 30.8 Å². The Morgan fingerprint density at radius 3 is 2.15 bits per heavy atom. The van der Waals surface area contributed by atoms with Crippen LogP contribution in [0.4, 0.5) is 8.78 Å². The van der Waals surface area contributed by atoms with Crippen LogP contribution in [0.5, 0.6) is 0 Å². The molecule has 1 aromatic rings. The van der Waals surface area contributed by atoms with Crippen molar-refractivity contribution in [3.05, 3.63) is 42.0 Å². The molecule has 0 bridgehead atoms. The highest BCUT2D eigenvalue weighted by Gasteiger charge is 2.39. The molecule has 20 heavy (non-hydrogen) atoms. The first-order valence-electron chi connectivity index (χ1n) is 5.31. The summed E-state index contributed by atoms with van der Waals surface area (Å²) in [5.41, 5.74) is 1.44. The van der Waals surface area contributed by atoms with Gasteiger partial charge >= 0.3 is 11.2 Å². The minimum atomic E-state index is -5.87. The topological polar surface area (TPSA) is 83.5 Å². The quantitative estimate of drug-likeness (QED) is 0.614. The summed E-state index contributed by atoms with van der Waals surface area (Å²) in [5, 5.41) is -4.65. The second-order valence-corrected chi connectivity index (χ2v) is 5.53. The van der Waals surface area contributed by atoms with Crippen LogP contribution in [0.15, 0.2) is 30.8 Å². The molecule has 0 aliphatic carbocycles. The van der Waals surface area contributed by atoms with E-state index in [1.165, 1.54) is 24.3 Å². The molecule has 110 valence electrons. The van der Waals surface area contributed by atoms with Crippen LogP contribution < -0.4 is 0 Å². The number of ether oxygens (including phenoxy) is 1. The summed E-state index contributed by atoms with van der Waals surface area (Å²) >= 11 is 0. The third-order valence-electron chi connectivity index (χ3n) is 2.35. The third kappa shape index (κ3) is 3.84. The van der Waals surface area contributed by atoms with Crippen LogP contribution in [0.1, 0.15) is 22.8 Å². The Balaban J connectivity index is 2.75. The lowest BCUT2D eigenvalue weighted by molar-refractivity contribution is -0.00996. The SMILES string of the molecule is C=C(C)c1ccc(C(=O)OCC(F)(F)S(=O)(=O)[O-])cc1. The standard InChI is InChI=1S/C12H12F2O5S/c1-8(2)9-3-5-10(6-4-9)11(15)19-7-12(13,14)20(16,17)18/h3-6H,1,7H2,2H3,(H,16,17,18)/p-1. The Hall–Kier alpha value is -1.80. The highest BCUT2D eigenvalue weighted by atomic mass is 32.2. The normalized spacial score (nSPS) is 12.0. The van der Waals surface area contributed by atoms with Gasteiger partial charge < -0.3 is 9.29 Å². The van der Waals surface area contributed by atoms with Gasteiger partial charge in [-0.25, -0.2) is 13.2 Å². The van der Waals surface area contributed by atoms with Gasteiger partial charge in [0.1, 0.15) is 0 Å². The monoisotopic (exact) mass is 305 g/mol. The second kappa shape index (κ2) is 5.68. The van der Waals surface area contributed by atoms with E-state index >= 15 is 0 Å². The molecule has 0 saturated carbocycles. The van der Waals surface area contributed by atoms with Gasteiger partial charge in [-0.2, -0.15) is 8.78 Å². The van der Waals surface area contributed by atoms with Gasteiger partial charge in [0.25, 0.3) is 0 Å². The van der Waals surface area contributed by atoms with Gasteiger partial charge in [-0.15, -0.1) is 0 Å². The van der Waals surface area contributed by atoms with Gasteiger partial charge in [0.2, 0.25) is 0 Å². The molecule has 1 rings (SSSR count). The number of hydrogen-bond acceptors (Lipinski definition) is 5. The Morgan fingerprint density at radius 2 is 1.75 bits per heavy atom. The van der Waals surface area contributed by atoms with Gasteiger partial charge in [0.15, 0.2) is 16.7 Å². The van der Waals surface area contributed by atoms with Gasteiger partial charge in [-0.05, 0) is 24.6 Å². The molecule has 0 amide bonds. The molecule has 0 atom stereocenters. The van der Waals surface area contributed by atoms with Crippen molar-refractivity contribution in [3.8, 4) is 0 Å². The van der Waals surface area contributed by atoms with E-state index in [9.17, 15) is 26.5 Å². The Morgan fingerprint density at radius 1 is 1.30 bits per heavy atom. The zero-order chi connectivity index (χ0) is 15.6. The molecular formula is C12H11F2O5S-. The molecule has 0 heterocycles. The van der Waals surface area contributed by atoms with E-state index in [-0.39, 0.29) is 5.56 Å². The molecule has 0 fully saturated rings. The highest BCUT2D eigenvalue weighted by Crippen LogP contribution is 2.21. The van der Waals surface area contributed by atoms with Crippen molar-refractivity contribution in [2.24, 2.45) is 0 Å². The van der Waals surface area contributed by atoms with Crippen molar-refractivity contribution >= 4 is 21.7 Å². The summed E-state index contributed by atoms with van der Waals surface area (Å²) in [6.45, 7) is 3.60. The molecule has 0 spiro atoms. The van der Waals surface area contributed by atoms with Crippen molar-refractivity contribution in [2.45, 2.75) is 12.2 Å². The average Bonchev–Trinajstić information content (AvgIpc) is 2.34. The number of carbonyl (C=O) groups is 1. The minimum absolute atomic E-state index is 0.0471. The lowest BCUT2D eigenvalue weighted by Crippen LogP contribution is -2.34. The zero-order valence-electron chi connectivity index (χ0n) is 10.4. The maximum Gasteiger partial charge on any atom is 0.367 e. The highest BCUT2D eigenvalue weighted by molar-refractivity contribution is 7.86. The minimum Gasteiger partial charge on any atom is -0.743 e. The van der Waals surface area contributed by atoms with E-state index in [1.54, 1.807) is 6.92 Å². The third-order valence-corrected chi connectivity index (χ3v) is 3.20. The smallest absolute Gasteiger partial charge is 0.367 e. The van der Waals surface area contributed by atoms with Crippen LogP contribution in [0.25, 0.3) is 5.57 Å². The molecule has 0 aromatic heterocycles. The first-order chi connectivity index (χ1) is 9.04. The lowest BCUT2D eigenvalue weighted by atomic mass is 10.1. The predicted molar refractivity (Wildman–Crippen MR) is 66.1 cm³/mol. The molecule has 0 N–H and O–H groups in total. The predicted octanol–water partition coefficient (Wildman–Crippen LogP) is 2.01. The largest absolute Gasteiger partial charge is 0.743 e. The molecule has 0 aliphatic heterocycles. The van der Waals surface area contributed by atoms with Crippen molar-refractivity contribution in [1.82, 2.24) is 0 Å². The summed E-state index contributed by atoms with van der Waals surface area (Å²) in [4.78, 5) is 11.4. The van der Waals surface area contributed by atoms with Gasteiger partial charge in [-0.1, -0.05) is 24.3 Å². The Kier molecular flexibility index (Phi) is 4.61. The molecule has 0 unspecified atom stereocenters. The lowest BCUT2D eigenvalue weighted by Gasteiger charge is -2.19. The second-order valence-electron chi connectivity index (χ2n) is 4.03. The van der Waals surface area contributed by atoms with E-state index in [0.717, 1.165) is 11.1 Å². The first-order valence-corrected chi connectivity index (χ1v) is 6.72. The average molecular weight is 305 g/mol. The maximum atomic E-state index is 12.8. The molecule has 0 saturated heterocycles. The Labute approximate surface area is 114 Å². The summed E-state index contributed by atoms with van der Waals surface area (Å²) in [5.74, 6) is -1.15. The van der Waals surface area contributed by atoms with Crippen LogP contribution in [0, 0.1) is 0 Å². The summed E-state index contributed by atoms with van der Waals surface area (Å²) < 4.78 is 60.3. The summed E-state index contributed by atoms with van der Waals surface area (Å²) in [6.07, 6.45) is 0. The van der Waals surface area contributed by atoms with E-state index in [1.807, 2.05) is 0 Å². The molecule has 8 heteroatoms. The number of alkyl halides is 2. The Bertz CT molecular complexity index is 620. The number of esters is 1. The van der Waals surface area contributed by atoms with Crippen LogP contribution in [0.2, 0.25) is 0 Å². The number of benzene rings is 1.